The van der Waals surface area contributed by atoms with Crippen molar-refractivity contribution in [3.8, 4) is 0 Å². The quantitative estimate of drug-likeness (QED) is 0.793. The fourth-order valence-corrected chi connectivity index (χ4v) is 3.19. The normalized spacial score (nSPS) is 16.3. The van der Waals surface area contributed by atoms with E-state index in [1.165, 1.54) is 0 Å². The summed E-state index contributed by atoms with van der Waals surface area (Å²) in [5.74, 6) is 0. The third kappa shape index (κ3) is 2.61. The van der Waals surface area contributed by atoms with Gasteiger partial charge in [0.25, 0.3) is 0 Å². The van der Waals surface area contributed by atoms with Gasteiger partial charge in [-0.3, -0.25) is 0 Å². The number of benzene rings is 1. The van der Waals surface area contributed by atoms with Gasteiger partial charge in [0.05, 0.1) is 4.90 Å². The van der Waals surface area contributed by atoms with Gasteiger partial charge in [-0.15, -0.1) is 0 Å². The van der Waals surface area contributed by atoms with E-state index < -0.39 is 10.0 Å². The molecule has 0 amide bonds. The molecule has 0 spiro atoms. The van der Waals surface area contributed by atoms with Crippen molar-refractivity contribution < 1.29 is 8.42 Å². The van der Waals surface area contributed by atoms with Crippen LogP contribution in [0.15, 0.2) is 29.2 Å². The van der Waals surface area contributed by atoms with Crippen LogP contribution in [0.2, 0.25) is 0 Å². The van der Waals surface area contributed by atoms with Gasteiger partial charge in [0, 0.05) is 6.04 Å². The molecule has 88 valence electrons. The smallest absolute Gasteiger partial charge is 0.241 e. The number of sulfonamides is 1. The van der Waals surface area contributed by atoms with Gasteiger partial charge in [-0.05, 0) is 37.4 Å². The van der Waals surface area contributed by atoms with Crippen LogP contribution >= 0.6 is 0 Å². The fraction of sp³-hybridized carbons (Fsp3) is 0.455. The Morgan fingerprint density at radius 1 is 1.31 bits per heavy atom. The minimum atomic E-state index is -3.36. The lowest BCUT2D eigenvalue weighted by Gasteiger charge is -2.10. The minimum Gasteiger partial charge on any atom is -0.330 e. The molecular weight excluding hydrogens is 224 g/mol. The van der Waals surface area contributed by atoms with Crippen molar-refractivity contribution >= 4 is 10.0 Å². The van der Waals surface area contributed by atoms with Crippen LogP contribution in [-0.2, 0) is 16.4 Å². The molecule has 5 heteroatoms. The van der Waals surface area contributed by atoms with E-state index in [2.05, 4.69) is 4.72 Å². The van der Waals surface area contributed by atoms with Crippen LogP contribution < -0.4 is 10.5 Å². The fourth-order valence-electron chi connectivity index (χ4n) is 1.61. The predicted octanol–water partition coefficient (Wildman–Crippen LogP) is 0.628. The largest absolute Gasteiger partial charge is 0.330 e. The summed E-state index contributed by atoms with van der Waals surface area (Å²) in [5, 5.41) is 0. The van der Waals surface area contributed by atoms with Crippen LogP contribution in [0.1, 0.15) is 18.4 Å². The Kier molecular flexibility index (Phi) is 3.28. The monoisotopic (exact) mass is 240 g/mol. The zero-order chi connectivity index (χ0) is 11.6. The minimum absolute atomic E-state index is 0.135. The maximum atomic E-state index is 12.0. The molecule has 2 rings (SSSR count). The number of nitrogens with two attached hydrogens (primary N) is 1. The summed E-state index contributed by atoms with van der Waals surface area (Å²) in [4.78, 5) is 0.368. The summed E-state index contributed by atoms with van der Waals surface area (Å²) in [5.41, 5.74) is 6.26. The summed E-state index contributed by atoms with van der Waals surface area (Å²) in [6.07, 6.45) is 2.47. The third-order valence-corrected chi connectivity index (χ3v) is 4.20. The Morgan fingerprint density at radius 3 is 2.62 bits per heavy atom. The Hall–Kier alpha value is -0.910. The van der Waals surface area contributed by atoms with Gasteiger partial charge in [-0.2, -0.15) is 0 Å². The second-order valence-corrected chi connectivity index (χ2v) is 5.72. The molecule has 0 saturated heterocycles. The molecule has 3 N–H and O–H groups in total. The van der Waals surface area contributed by atoms with E-state index in [1.54, 1.807) is 12.1 Å². The molecule has 4 nitrogen and oxygen atoms in total. The Balaban J connectivity index is 2.30. The van der Waals surface area contributed by atoms with Crippen molar-refractivity contribution in [2.75, 3.05) is 6.54 Å². The molecule has 0 radical (unpaired) electrons. The van der Waals surface area contributed by atoms with E-state index in [-0.39, 0.29) is 6.04 Å². The number of nitrogens with one attached hydrogen (secondary N) is 1. The zero-order valence-electron chi connectivity index (χ0n) is 9.02. The van der Waals surface area contributed by atoms with Crippen LogP contribution in [0.3, 0.4) is 0 Å². The topological polar surface area (TPSA) is 72.2 Å². The lowest BCUT2D eigenvalue weighted by molar-refractivity contribution is 0.580. The third-order valence-electron chi connectivity index (χ3n) is 2.57. The first-order valence-corrected chi connectivity index (χ1v) is 6.92. The van der Waals surface area contributed by atoms with Gasteiger partial charge in [0.15, 0.2) is 0 Å². The van der Waals surface area contributed by atoms with Gasteiger partial charge in [-0.1, -0.05) is 18.2 Å². The molecule has 0 bridgehead atoms. The van der Waals surface area contributed by atoms with Crippen molar-refractivity contribution in [3.63, 3.8) is 0 Å². The molecule has 16 heavy (non-hydrogen) atoms. The van der Waals surface area contributed by atoms with Gasteiger partial charge in [0.2, 0.25) is 10.0 Å². The SMILES string of the molecule is NCCc1ccccc1S(=O)(=O)NC1CC1. The van der Waals surface area contributed by atoms with Gasteiger partial charge >= 0.3 is 0 Å². The number of hydrogen-bond acceptors (Lipinski definition) is 3. The highest BCUT2D eigenvalue weighted by atomic mass is 32.2. The van der Waals surface area contributed by atoms with Crippen molar-refractivity contribution in [3.05, 3.63) is 29.8 Å². The average Bonchev–Trinajstić information content (AvgIpc) is 3.02. The van der Waals surface area contributed by atoms with Crippen LogP contribution in [-0.4, -0.2) is 21.0 Å². The summed E-state index contributed by atoms with van der Waals surface area (Å²) in [6.45, 7) is 0.454. The van der Waals surface area contributed by atoms with Crippen molar-refractivity contribution in [2.45, 2.75) is 30.2 Å². The Bertz CT molecular complexity index is 467. The van der Waals surface area contributed by atoms with E-state index >= 15 is 0 Å². The van der Waals surface area contributed by atoms with Crippen LogP contribution in [0, 0.1) is 0 Å². The van der Waals surface area contributed by atoms with Gasteiger partial charge < -0.3 is 5.73 Å². The average molecular weight is 240 g/mol. The summed E-state index contributed by atoms with van der Waals surface area (Å²) < 4.78 is 26.7. The summed E-state index contributed by atoms with van der Waals surface area (Å²) in [7, 11) is -3.36. The lowest BCUT2D eigenvalue weighted by atomic mass is 10.1. The highest BCUT2D eigenvalue weighted by Gasteiger charge is 2.28. The van der Waals surface area contributed by atoms with E-state index in [0.29, 0.717) is 17.9 Å². The second-order valence-electron chi connectivity index (χ2n) is 4.04. The molecule has 1 aliphatic carbocycles. The molecule has 1 saturated carbocycles. The Labute approximate surface area is 95.9 Å². The van der Waals surface area contributed by atoms with E-state index in [1.807, 2.05) is 12.1 Å². The Morgan fingerprint density at radius 2 is 2.00 bits per heavy atom. The van der Waals surface area contributed by atoms with E-state index in [4.69, 9.17) is 5.73 Å². The lowest BCUT2D eigenvalue weighted by Crippen LogP contribution is -2.27. The van der Waals surface area contributed by atoms with Gasteiger partial charge in [-0.25, -0.2) is 13.1 Å². The molecule has 1 fully saturated rings. The highest BCUT2D eigenvalue weighted by molar-refractivity contribution is 7.89. The van der Waals surface area contributed by atoms with Crippen molar-refractivity contribution in [1.29, 1.82) is 0 Å². The molecule has 0 heterocycles. The van der Waals surface area contributed by atoms with Crippen LogP contribution in [0.4, 0.5) is 0 Å². The second kappa shape index (κ2) is 4.53. The first kappa shape index (κ1) is 11.6. The molecule has 0 aromatic heterocycles. The first-order chi connectivity index (χ1) is 7.63. The number of hydrogen-bond donors (Lipinski definition) is 2. The predicted molar refractivity (Wildman–Crippen MR) is 62.5 cm³/mol. The molecule has 0 atom stereocenters. The molecule has 0 unspecified atom stereocenters. The number of rotatable bonds is 5. The molecule has 1 aromatic carbocycles. The molecule has 0 aliphatic heterocycles. The molecule has 1 aromatic rings. The summed E-state index contributed by atoms with van der Waals surface area (Å²) >= 11 is 0. The van der Waals surface area contributed by atoms with Crippen LogP contribution in [0.5, 0.6) is 0 Å². The van der Waals surface area contributed by atoms with Crippen molar-refractivity contribution in [2.24, 2.45) is 5.73 Å². The summed E-state index contributed by atoms with van der Waals surface area (Å²) in [6, 6.07) is 7.16. The molecule has 1 aliphatic rings. The highest BCUT2D eigenvalue weighted by Crippen LogP contribution is 2.23. The zero-order valence-corrected chi connectivity index (χ0v) is 9.83. The van der Waals surface area contributed by atoms with E-state index in [9.17, 15) is 8.42 Å². The van der Waals surface area contributed by atoms with E-state index in [0.717, 1.165) is 18.4 Å². The van der Waals surface area contributed by atoms with Crippen molar-refractivity contribution in [1.82, 2.24) is 4.72 Å². The standard InChI is InChI=1S/C11H16N2O2S/c12-8-7-9-3-1-2-4-11(9)16(14,15)13-10-5-6-10/h1-4,10,13H,5-8,12H2. The maximum Gasteiger partial charge on any atom is 0.241 e. The first-order valence-electron chi connectivity index (χ1n) is 5.44. The van der Waals surface area contributed by atoms with Gasteiger partial charge in [0.1, 0.15) is 0 Å². The maximum absolute atomic E-state index is 12.0. The van der Waals surface area contributed by atoms with Crippen LogP contribution in [0.25, 0.3) is 0 Å². The molecular formula is C11H16N2O2S.